The van der Waals surface area contributed by atoms with Crippen molar-refractivity contribution in [2.24, 2.45) is 0 Å². The molecule has 1 fully saturated rings. The number of rotatable bonds is 8. The van der Waals surface area contributed by atoms with Crippen molar-refractivity contribution in [3.63, 3.8) is 0 Å². The van der Waals surface area contributed by atoms with Crippen LogP contribution in [0.3, 0.4) is 0 Å². The summed E-state index contributed by atoms with van der Waals surface area (Å²) >= 11 is 7.26. The molecule has 1 saturated heterocycles. The zero-order valence-electron chi connectivity index (χ0n) is 18.8. The van der Waals surface area contributed by atoms with E-state index >= 15 is 0 Å². The fourth-order valence-corrected chi connectivity index (χ4v) is 5.21. The van der Waals surface area contributed by atoms with Gasteiger partial charge in [0.15, 0.2) is 10.2 Å². The maximum absolute atomic E-state index is 12.6. The number of para-hydroxylation sites is 1. The summed E-state index contributed by atoms with van der Waals surface area (Å²) in [6.45, 7) is 0.445. The largest absolute Gasteiger partial charge is 0.452 e. The minimum Gasteiger partial charge on any atom is -0.452 e. The highest BCUT2D eigenvalue weighted by atomic mass is 32.2. The van der Waals surface area contributed by atoms with Crippen LogP contribution >= 0.6 is 24.0 Å². The van der Waals surface area contributed by atoms with Gasteiger partial charge in [0, 0.05) is 29.7 Å². The molecular weight excluding hydrogens is 476 g/mol. The lowest BCUT2D eigenvalue weighted by atomic mass is 10.0. The van der Waals surface area contributed by atoms with E-state index < -0.39 is 0 Å². The van der Waals surface area contributed by atoms with Crippen LogP contribution in [0.5, 0.6) is 0 Å². The molecule has 2 atom stereocenters. The van der Waals surface area contributed by atoms with Crippen molar-refractivity contribution in [2.45, 2.75) is 28.5 Å². The molecule has 3 heterocycles. The zero-order chi connectivity index (χ0) is 24.0. The average molecular weight is 501 g/mol. The van der Waals surface area contributed by atoms with Crippen LogP contribution in [0.2, 0.25) is 0 Å². The number of amides is 1. The maximum atomic E-state index is 12.6. The maximum Gasteiger partial charge on any atom is 0.226 e. The SMILES string of the molecule is O=C(CCN1C(=S)N[C@@H](c2ccccn2)[C@H]1c1ccc(Sc2ccccc2)o1)Nc1ccccc1. The molecule has 1 amide bonds. The third-order valence-corrected chi connectivity index (χ3v) is 6.97. The Bertz CT molecular complexity index is 1280. The number of aromatic nitrogens is 1. The molecule has 1 aliphatic rings. The lowest BCUT2D eigenvalue weighted by Crippen LogP contribution is -2.32. The molecule has 35 heavy (non-hydrogen) atoms. The second-order valence-corrected chi connectivity index (χ2v) is 9.52. The number of benzene rings is 2. The van der Waals surface area contributed by atoms with Gasteiger partial charge in [-0.15, -0.1) is 0 Å². The number of nitrogens with one attached hydrogen (secondary N) is 2. The van der Waals surface area contributed by atoms with Gasteiger partial charge in [0.05, 0.1) is 11.7 Å². The molecule has 2 aromatic heterocycles. The van der Waals surface area contributed by atoms with Crippen molar-refractivity contribution < 1.29 is 9.21 Å². The summed E-state index contributed by atoms with van der Waals surface area (Å²) in [7, 11) is 0. The number of pyridine rings is 1. The molecule has 2 aromatic carbocycles. The molecule has 0 saturated carbocycles. The van der Waals surface area contributed by atoms with Crippen LogP contribution in [-0.4, -0.2) is 27.4 Å². The van der Waals surface area contributed by atoms with E-state index in [0.717, 1.165) is 27.1 Å². The van der Waals surface area contributed by atoms with Crippen LogP contribution in [0.15, 0.2) is 112 Å². The van der Waals surface area contributed by atoms with Gasteiger partial charge in [0.2, 0.25) is 5.91 Å². The first-order valence-corrected chi connectivity index (χ1v) is 12.6. The smallest absolute Gasteiger partial charge is 0.226 e. The van der Waals surface area contributed by atoms with Gasteiger partial charge in [-0.25, -0.2) is 0 Å². The summed E-state index contributed by atoms with van der Waals surface area (Å²) < 4.78 is 6.30. The molecule has 0 unspecified atom stereocenters. The van der Waals surface area contributed by atoms with Gasteiger partial charge >= 0.3 is 0 Å². The number of carbonyl (C=O) groups is 1. The minimum atomic E-state index is -0.230. The molecule has 5 rings (SSSR count). The Morgan fingerprint density at radius 3 is 2.49 bits per heavy atom. The molecular formula is C27H24N4O2S2. The Labute approximate surface area is 213 Å². The number of carbonyl (C=O) groups excluding carboxylic acids is 1. The highest BCUT2D eigenvalue weighted by Gasteiger charge is 2.41. The van der Waals surface area contributed by atoms with E-state index in [1.165, 1.54) is 0 Å². The quantitative estimate of drug-likeness (QED) is 0.295. The van der Waals surface area contributed by atoms with Crippen molar-refractivity contribution in [3.05, 3.63) is 109 Å². The predicted molar refractivity (Wildman–Crippen MR) is 141 cm³/mol. The van der Waals surface area contributed by atoms with Crippen LogP contribution in [-0.2, 0) is 4.79 Å². The molecule has 8 heteroatoms. The zero-order valence-corrected chi connectivity index (χ0v) is 20.5. The standard InChI is InChI=1S/C27H24N4O2S2/c32-23(29-19-9-3-1-4-10-19)16-18-31-26(25(30-27(31)34)21-13-7-8-17-28-21)22-14-15-24(33-22)35-20-11-5-2-6-12-20/h1-15,17,25-26H,16,18H2,(H,29,32)(H,30,34)/t25-,26+/m0/s1. The third kappa shape index (κ3) is 5.55. The van der Waals surface area contributed by atoms with Crippen LogP contribution in [0.25, 0.3) is 0 Å². The van der Waals surface area contributed by atoms with E-state index in [0.29, 0.717) is 11.7 Å². The van der Waals surface area contributed by atoms with Gasteiger partial charge in [-0.1, -0.05) is 54.2 Å². The van der Waals surface area contributed by atoms with Crippen LogP contribution < -0.4 is 10.6 Å². The average Bonchev–Trinajstić information content (AvgIpc) is 3.48. The molecule has 0 aliphatic carbocycles. The first-order valence-electron chi connectivity index (χ1n) is 11.3. The number of anilines is 1. The molecule has 0 bridgehead atoms. The van der Waals surface area contributed by atoms with E-state index in [9.17, 15) is 4.79 Å². The van der Waals surface area contributed by atoms with Gasteiger partial charge in [0.1, 0.15) is 11.8 Å². The van der Waals surface area contributed by atoms with E-state index in [1.54, 1.807) is 18.0 Å². The molecule has 0 radical (unpaired) electrons. The van der Waals surface area contributed by atoms with Gasteiger partial charge < -0.3 is 20.0 Å². The van der Waals surface area contributed by atoms with Gasteiger partial charge in [-0.2, -0.15) is 0 Å². The summed E-state index contributed by atoms with van der Waals surface area (Å²) in [6.07, 6.45) is 2.06. The second kappa shape index (κ2) is 10.8. The van der Waals surface area contributed by atoms with Crippen molar-refractivity contribution in [1.82, 2.24) is 15.2 Å². The molecule has 4 aromatic rings. The first-order chi connectivity index (χ1) is 17.2. The Kier molecular flexibility index (Phi) is 7.11. The molecule has 176 valence electrons. The fraction of sp³-hybridized carbons (Fsp3) is 0.148. The first kappa shape index (κ1) is 23.1. The second-order valence-electron chi connectivity index (χ2n) is 8.06. The van der Waals surface area contributed by atoms with Crippen LogP contribution in [0, 0.1) is 0 Å². The summed E-state index contributed by atoms with van der Waals surface area (Å²) in [5, 5.41) is 7.71. The van der Waals surface area contributed by atoms with Crippen LogP contribution in [0.4, 0.5) is 5.69 Å². The van der Waals surface area contributed by atoms with Gasteiger partial charge in [-0.3, -0.25) is 9.78 Å². The number of furan rings is 1. The monoisotopic (exact) mass is 500 g/mol. The van der Waals surface area contributed by atoms with Gasteiger partial charge in [-0.05, 0) is 60.7 Å². The molecule has 2 N–H and O–H groups in total. The third-order valence-electron chi connectivity index (χ3n) is 5.69. The number of thiocarbonyl (C=S) groups is 1. The van der Waals surface area contributed by atoms with E-state index in [2.05, 4.69) is 15.6 Å². The lowest BCUT2D eigenvalue weighted by molar-refractivity contribution is -0.116. The minimum absolute atomic E-state index is 0.0706. The summed E-state index contributed by atoms with van der Waals surface area (Å²) in [6, 6.07) is 28.9. The van der Waals surface area contributed by atoms with Crippen molar-refractivity contribution in [3.8, 4) is 0 Å². The Hall–Kier alpha value is -3.62. The molecule has 6 nitrogen and oxygen atoms in total. The van der Waals surface area contributed by atoms with E-state index in [4.69, 9.17) is 16.6 Å². The Morgan fingerprint density at radius 1 is 1.00 bits per heavy atom. The van der Waals surface area contributed by atoms with E-state index in [1.807, 2.05) is 95.9 Å². The van der Waals surface area contributed by atoms with Crippen molar-refractivity contribution in [2.75, 3.05) is 11.9 Å². The topological polar surface area (TPSA) is 70.4 Å². The normalized spacial score (nSPS) is 17.3. The number of hydrogen-bond acceptors (Lipinski definition) is 5. The number of nitrogens with zero attached hydrogens (tertiary/aromatic N) is 2. The molecule has 1 aliphatic heterocycles. The highest BCUT2D eigenvalue weighted by Crippen LogP contribution is 2.41. The Morgan fingerprint density at radius 2 is 1.74 bits per heavy atom. The van der Waals surface area contributed by atoms with Crippen molar-refractivity contribution >= 4 is 40.7 Å². The fourth-order valence-electron chi connectivity index (χ4n) is 4.08. The van der Waals surface area contributed by atoms with Crippen LogP contribution in [0.1, 0.15) is 30.0 Å². The van der Waals surface area contributed by atoms with Gasteiger partial charge in [0.25, 0.3) is 0 Å². The summed E-state index contributed by atoms with van der Waals surface area (Å²) in [4.78, 5) is 20.3. The predicted octanol–water partition coefficient (Wildman–Crippen LogP) is 5.83. The lowest BCUT2D eigenvalue weighted by Gasteiger charge is -2.25. The highest BCUT2D eigenvalue weighted by molar-refractivity contribution is 7.99. The Balaban J connectivity index is 1.36. The summed E-state index contributed by atoms with van der Waals surface area (Å²) in [5.41, 5.74) is 1.64. The summed E-state index contributed by atoms with van der Waals surface area (Å²) in [5.74, 6) is 0.703. The number of hydrogen-bond donors (Lipinski definition) is 2. The van der Waals surface area contributed by atoms with Crippen molar-refractivity contribution in [1.29, 1.82) is 0 Å². The molecule has 0 spiro atoms. The van der Waals surface area contributed by atoms with E-state index in [-0.39, 0.29) is 24.4 Å².